The zero-order valence-electron chi connectivity index (χ0n) is 12.1. The molecule has 0 spiro atoms. The molecule has 1 amide bonds. The molecule has 0 aromatic heterocycles. The lowest BCUT2D eigenvalue weighted by molar-refractivity contribution is -0.139. The van der Waals surface area contributed by atoms with Crippen molar-refractivity contribution in [3.8, 4) is 0 Å². The predicted molar refractivity (Wildman–Crippen MR) is 82.4 cm³/mol. The summed E-state index contributed by atoms with van der Waals surface area (Å²) in [5, 5.41) is 21.2. The number of carbonyl (C=O) groups is 2. The van der Waals surface area contributed by atoms with Gasteiger partial charge in [0.15, 0.2) is 5.96 Å². The summed E-state index contributed by atoms with van der Waals surface area (Å²) in [6.45, 7) is 0.753. The summed E-state index contributed by atoms with van der Waals surface area (Å²) < 4.78 is 0. The predicted octanol–water partition coefficient (Wildman–Crippen LogP) is -0.408. The third-order valence-electron chi connectivity index (χ3n) is 3.04. The highest BCUT2D eigenvalue weighted by molar-refractivity contribution is 5.96. The fourth-order valence-corrected chi connectivity index (χ4v) is 1.82. The number of aliphatic carboxylic acids is 1. The number of nitrogens with one attached hydrogen (secondary N) is 3. The van der Waals surface area contributed by atoms with Gasteiger partial charge in [0.1, 0.15) is 6.04 Å². The van der Waals surface area contributed by atoms with Crippen LogP contribution in [0.2, 0.25) is 0 Å². The van der Waals surface area contributed by atoms with Gasteiger partial charge in [-0.1, -0.05) is 12.1 Å². The number of carboxylic acid groups (broad SMARTS) is 1. The number of benzene rings is 1. The maximum atomic E-state index is 12.0. The molecule has 0 bridgehead atoms. The van der Waals surface area contributed by atoms with E-state index in [0.29, 0.717) is 25.1 Å². The fraction of sp³-hybridized carbons (Fsp3) is 0.357. The van der Waals surface area contributed by atoms with Crippen molar-refractivity contribution in [2.24, 2.45) is 11.5 Å². The molecule has 0 saturated carbocycles. The molecule has 22 heavy (non-hydrogen) atoms. The van der Waals surface area contributed by atoms with Crippen LogP contribution in [0.25, 0.3) is 0 Å². The third-order valence-corrected chi connectivity index (χ3v) is 3.04. The molecule has 0 fully saturated rings. The molecule has 1 aromatic carbocycles. The quantitative estimate of drug-likeness (QED) is 0.218. The molecule has 0 heterocycles. The van der Waals surface area contributed by atoms with Crippen LogP contribution in [0.1, 0.15) is 28.8 Å². The van der Waals surface area contributed by atoms with Gasteiger partial charge < -0.3 is 27.2 Å². The van der Waals surface area contributed by atoms with Crippen LogP contribution in [0.5, 0.6) is 0 Å². The zero-order valence-corrected chi connectivity index (χ0v) is 12.1. The first kappa shape index (κ1) is 17.4. The molecule has 0 saturated heterocycles. The molecule has 8 heteroatoms. The van der Waals surface area contributed by atoms with E-state index in [0.717, 1.165) is 5.56 Å². The third kappa shape index (κ3) is 5.80. The molecule has 1 atom stereocenters. The van der Waals surface area contributed by atoms with E-state index in [1.54, 1.807) is 24.3 Å². The molecule has 1 unspecified atom stereocenters. The van der Waals surface area contributed by atoms with Crippen LogP contribution in [0.15, 0.2) is 24.3 Å². The Kier molecular flexibility index (Phi) is 6.84. The summed E-state index contributed by atoms with van der Waals surface area (Å²) in [5.41, 5.74) is 11.9. The molecular formula is C14H21N5O3. The van der Waals surface area contributed by atoms with Crippen molar-refractivity contribution in [3.63, 3.8) is 0 Å². The summed E-state index contributed by atoms with van der Waals surface area (Å²) in [7, 11) is 0. The summed E-state index contributed by atoms with van der Waals surface area (Å²) in [6, 6.07) is 5.67. The van der Waals surface area contributed by atoms with Gasteiger partial charge in [0, 0.05) is 18.7 Å². The maximum absolute atomic E-state index is 12.0. The summed E-state index contributed by atoms with van der Waals surface area (Å²) >= 11 is 0. The lowest BCUT2D eigenvalue weighted by Crippen LogP contribution is -2.41. The van der Waals surface area contributed by atoms with E-state index in [2.05, 4.69) is 10.6 Å². The average Bonchev–Trinajstić information content (AvgIpc) is 2.49. The standard InChI is InChI=1S/C14H21N5O3/c15-8-9-3-5-10(6-4-9)12(20)19-11(13(21)22)2-1-7-18-14(16)17/h3-6,11H,1-2,7-8,15H2,(H,19,20)(H,21,22)(H4,16,17,18). The highest BCUT2D eigenvalue weighted by Crippen LogP contribution is 2.05. The lowest BCUT2D eigenvalue weighted by atomic mass is 10.1. The van der Waals surface area contributed by atoms with E-state index in [4.69, 9.17) is 22.0 Å². The number of nitrogens with two attached hydrogens (primary N) is 2. The molecule has 8 nitrogen and oxygen atoms in total. The van der Waals surface area contributed by atoms with E-state index in [1.807, 2.05) is 0 Å². The van der Waals surface area contributed by atoms with Crippen LogP contribution in [0.4, 0.5) is 0 Å². The zero-order chi connectivity index (χ0) is 16.5. The van der Waals surface area contributed by atoms with E-state index in [1.165, 1.54) is 0 Å². The SMILES string of the molecule is N=C(N)NCCCC(NC(=O)c1ccc(CN)cc1)C(=O)O. The monoisotopic (exact) mass is 307 g/mol. The van der Waals surface area contributed by atoms with Gasteiger partial charge in [0.2, 0.25) is 0 Å². The van der Waals surface area contributed by atoms with Crippen molar-refractivity contribution in [3.05, 3.63) is 35.4 Å². The molecule has 8 N–H and O–H groups in total. The smallest absolute Gasteiger partial charge is 0.326 e. The van der Waals surface area contributed by atoms with Gasteiger partial charge in [0.25, 0.3) is 5.91 Å². The van der Waals surface area contributed by atoms with Crippen molar-refractivity contribution in [2.75, 3.05) is 6.54 Å². The summed E-state index contributed by atoms with van der Waals surface area (Å²) in [4.78, 5) is 23.2. The Labute approximate surface area is 128 Å². The van der Waals surface area contributed by atoms with Gasteiger partial charge in [-0.3, -0.25) is 10.2 Å². The Bertz CT molecular complexity index is 530. The first-order valence-corrected chi connectivity index (χ1v) is 6.84. The molecule has 0 aliphatic heterocycles. The van der Waals surface area contributed by atoms with Crippen molar-refractivity contribution in [2.45, 2.75) is 25.4 Å². The van der Waals surface area contributed by atoms with Gasteiger partial charge in [0.05, 0.1) is 0 Å². The minimum absolute atomic E-state index is 0.170. The van der Waals surface area contributed by atoms with Crippen molar-refractivity contribution >= 4 is 17.8 Å². The molecule has 120 valence electrons. The van der Waals surface area contributed by atoms with Crippen LogP contribution in [0.3, 0.4) is 0 Å². The number of rotatable bonds is 8. The highest BCUT2D eigenvalue weighted by atomic mass is 16.4. The number of hydrogen-bond acceptors (Lipinski definition) is 4. The molecule has 1 aromatic rings. The highest BCUT2D eigenvalue weighted by Gasteiger charge is 2.20. The minimum atomic E-state index is -1.10. The first-order chi connectivity index (χ1) is 10.4. The molecule has 0 aliphatic rings. The van der Waals surface area contributed by atoms with Crippen LogP contribution >= 0.6 is 0 Å². The van der Waals surface area contributed by atoms with Crippen LogP contribution in [0, 0.1) is 5.41 Å². The lowest BCUT2D eigenvalue weighted by Gasteiger charge is -2.15. The fourth-order valence-electron chi connectivity index (χ4n) is 1.82. The topological polar surface area (TPSA) is 154 Å². The van der Waals surface area contributed by atoms with Crippen molar-refractivity contribution < 1.29 is 14.7 Å². The largest absolute Gasteiger partial charge is 0.480 e. The normalized spacial score (nSPS) is 11.5. The number of carboxylic acids is 1. The second-order valence-corrected chi connectivity index (χ2v) is 4.75. The van der Waals surface area contributed by atoms with Crippen LogP contribution < -0.4 is 22.1 Å². The van der Waals surface area contributed by atoms with Crippen LogP contribution in [-0.2, 0) is 11.3 Å². The second-order valence-electron chi connectivity index (χ2n) is 4.75. The summed E-state index contributed by atoms with van der Waals surface area (Å²) in [6.07, 6.45) is 0.700. The van der Waals surface area contributed by atoms with Gasteiger partial charge in [-0.15, -0.1) is 0 Å². The van der Waals surface area contributed by atoms with E-state index in [-0.39, 0.29) is 12.4 Å². The van der Waals surface area contributed by atoms with Crippen molar-refractivity contribution in [1.29, 1.82) is 5.41 Å². The van der Waals surface area contributed by atoms with Gasteiger partial charge in [-0.25, -0.2) is 4.79 Å². The Morgan fingerprint density at radius 3 is 2.41 bits per heavy atom. The summed E-state index contributed by atoms with van der Waals surface area (Å²) in [5.74, 6) is -1.72. The number of carbonyl (C=O) groups excluding carboxylic acids is 1. The van der Waals surface area contributed by atoms with E-state index >= 15 is 0 Å². The number of guanidine groups is 1. The maximum Gasteiger partial charge on any atom is 0.326 e. The van der Waals surface area contributed by atoms with E-state index in [9.17, 15) is 9.59 Å². The van der Waals surface area contributed by atoms with Gasteiger partial charge >= 0.3 is 5.97 Å². The Hall–Kier alpha value is -2.61. The Balaban J connectivity index is 2.55. The van der Waals surface area contributed by atoms with Gasteiger partial charge in [-0.2, -0.15) is 0 Å². The molecule has 1 rings (SSSR count). The number of hydrogen-bond donors (Lipinski definition) is 6. The van der Waals surface area contributed by atoms with Crippen molar-refractivity contribution in [1.82, 2.24) is 10.6 Å². The first-order valence-electron chi connectivity index (χ1n) is 6.84. The molecule has 0 radical (unpaired) electrons. The van der Waals surface area contributed by atoms with E-state index < -0.39 is 17.9 Å². The second kappa shape index (κ2) is 8.63. The minimum Gasteiger partial charge on any atom is -0.480 e. The molecular weight excluding hydrogens is 286 g/mol. The number of amides is 1. The Morgan fingerprint density at radius 1 is 1.27 bits per heavy atom. The Morgan fingerprint density at radius 2 is 1.91 bits per heavy atom. The average molecular weight is 307 g/mol. The van der Waals surface area contributed by atoms with Crippen LogP contribution in [-0.4, -0.2) is 35.5 Å². The molecule has 0 aliphatic carbocycles. The van der Waals surface area contributed by atoms with Gasteiger partial charge in [-0.05, 0) is 30.5 Å².